The summed E-state index contributed by atoms with van der Waals surface area (Å²) < 4.78 is 10.5. The molecule has 1 N–H and O–H groups in total. The molecule has 28 heavy (non-hydrogen) atoms. The van der Waals surface area contributed by atoms with Gasteiger partial charge in [0.1, 0.15) is 11.5 Å². The summed E-state index contributed by atoms with van der Waals surface area (Å²) >= 11 is 6.06. The van der Waals surface area contributed by atoms with Crippen LogP contribution in [0.25, 0.3) is 0 Å². The number of nitrogens with one attached hydrogen (secondary N) is 1. The summed E-state index contributed by atoms with van der Waals surface area (Å²) in [5.74, 6) is 1.22. The molecule has 150 valence electrons. The predicted octanol–water partition coefficient (Wildman–Crippen LogP) is 3.11. The molecule has 0 spiro atoms. The van der Waals surface area contributed by atoms with E-state index in [1.807, 2.05) is 18.2 Å². The summed E-state index contributed by atoms with van der Waals surface area (Å²) in [4.78, 5) is 17.0. The Morgan fingerprint density at radius 1 is 1.04 bits per heavy atom. The van der Waals surface area contributed by atoms with E-state index in [0.29, 0.717) is 23.7 Å². The maximum atomic E-state index is 12.5. The Kier molecular flexibility index (Phi) is 7.14. The Bertz CT molecular complexity index is 807. The largest absolute Gasteiger partial charge is 0.497 e. The number of methoxy groups -OCH3 is 2. The molecule has 0 saturated carbocycles. The minimum Gasteiger partial charge on any atom is -0.497 e. The third-order valence-corrected chi connectivity index (χ3v) is 5.04. The molecule has 0 aromatic heterocycles. The first-order chi connectivity index (χ1) is 13.6. The number of benzene rings is 2. The molecule has 1 aliphatic rings. The number of amides is 1. The lowest BCUT2D eigenvalue weighted by atomic mass is 10.2. The molecule has 0 unspecified atom stereocenters. The minimum atomic E-state index is -0.0603. The van der Waals surface area contributed by atoms with E-state index in [1.54, 1.807) is 32.4 Å². The van der Waals surface area contributed by atoms with Crippen LogP contribution in [-0.2, 0) is 11.3 Å². The Morgan fingerprint density at radius 3 is 2.46 bits per heavy atom. The van der Waals surface area contributed by atoms with Crippen LogP contribution in [0.5, 0.6) is 11.5 Å². The van der Waals surface area contributed by atoms with Gasteiger partial charge in [-0.05, 0) is 29.8 Å². The van der Waals surface area contributed by atoms with E-state index in [-0.39, 0.29) is 5.91 Å². The Hall–Kier alpha value is -2.28. The molecule has 0 bridgehead atoms. The van der Waals surface area contributed by atoms with Crippen LogP contribution in [0.3, 0.4) is 0 Å². The average molecular weight is 404 g/mol. The van der Waals surface area contributed by atoms with Crippen molar-refractivity contribution in [3.63, 3.8) is 0 Å². The van der Waals surface area contributed by atoms with Gasteiger partial charge in [0.2, 0.25) is 5.91 Å². The van der Waals surface area contributed by atoms with Crippen molar-refractivity contribution in [2.75, 3.05) is 52.3 Å². The molecule has 1 fully saturated rings. The lowest BCUT2D eigenvalue weighted by molar-refractivity contribution is -0.117. The van der Waals surface area contributed by atoms with Crippen molar-refractivity contribution in [2.24, 2.45) is 0 Å². The van der Waals surface area contributed by atoms with Crippen LogP contribution in [0.1, 0.15) is 5.56 Å². The van der Waals surface area contributed by atoms with Gasteiger partial charge in [0.25, 0.3) is 0 Å². The molecule has 7 heteroatoms. The Morgan fingerprint density at radius 2 is 1.79 bits per heavy atom. The Balaban J connectivity index is 1.49. The highest BCUT2D eigenvalue weighted by Gasteiger charge is 2.20. The molecule has 0 aliphatic carbocycles. The van der Waals surface area contributed by atoms with Crippen LogP contribution in [0, 0.1) is 0 Å². The van der Waals surface area contributed by atoms with Gasteiger partial charge in [-0.3, -0.25) is 14.6 Å². The highest BCUT2D eigenvalue weighted by molar-refractivity contribution is 6.30. The van der Waals surface area contributed by atoms with E-state index < -0.39 is 0 Å². The maximum Gasteiger partial charge on any atom is 0.238 e. The number of halogens is 1. The summed E-state index contributed by atoms with van der Waals surface area (Å²) in [7, 11) is 3.17. The molecule has 0 atom stereocenters. The molecule has 3 rings (SSSR count). The van der Waals surface area contributed by atoms with Crippen LogP contribution in [0.4, 0.5) is 5.69 Å². The van der Waals surface area contributed by atoms with Crippen molar-refractivity contribution in [1.82, 2.24) is 9.80 Å². The number of ether oxygens (including phenoxy) is 2. The van der Waals surface area contributed by atoms with Crippen molar-refractivity contribution in [1.29, 1.82) is 0 Å². The number of anilines is 1. The van der Waals surface area contributed by atoms with Crippen molar-refractivity contribution >= 4 is 23.2 Å². The quantitative estimate of drug-likeness (QED) is 0.769. The molecule has 0 radical (unpaired) electrons. The molecule has 1 saturated heterocycles. The van der Waals surface area contributed by atoms with E-state index in [4.69, 9.17) is 21.1 Å². The standard InChI is InChI=1S/C21H26ClN3O3/c1-27-18-6-7-20(28-2)19(13-18)23-21(26)15-25-10-8-24(9-11-25)14-16-4-3-5-17(22)12-16/h3-7,12-13H,8-11,14-15H2,1-2H3,(H,23,26). The van der Waals surface area contributed by atoms with Gasteiger partial charge in [-0.15, -0.1) is 0 Å². The van der Waals surface area contributed by atoms with Crippen molar-refractivity contribution in [3.8, 4) is 11.5 Å². The van der Waals surface area contributed by atoms with Gasteiger partial charge in [0.15, 0.2) is 0 Å². The van der Waals surface area contributed by atoms with Gasteiger partial charge in [0, 0.05) is 43.8 Å². The van der Waals surface area contributed by atoms with E-state index in [2.05, 4.69) is 21.2 Å². The van der Waals surface area contributed by atoms with E-state index in [1.165, 1.54) is 5.56 Å². The van der Waals surface area contributed by atoms with Crippen molar-refractivity contribution < 1.29 is 14.3 Å². The number of rotatable bonds is 7. The topological polar surface area (TPSA) is 54.0 Å². The fourth-order valence-corrected chi connectivity index (χ4v) is 3.52. The van der Waals surface area contributed by atoms with Crippen LogP contribution in [0.15, 0.2) is 42.5 Å². The van der Waals surface area contributed by atoms with Crippen LogP contribution >= 0.6 is 11.6 Å². The van der Waals surface area contributed by atoms with Gasteiger partial charge < -0.3 is 14.8 Å². The highest BCUT2D eigenvalue weighted by Crippen LogP contribution is 2.28. The van der Waals surface area contributed by atoms with Crippen LogP contribution < -0.4 is 14.8 Å². The summed E-state index contributed by atoms with van der Waals surface area (Å²) in [5, 5.41) is 3.69. The first kappa shape index (κ1) is 20.5. The molecule has 2 aromatic carbocycles. The van der Waals surface area contributed by atoms with Gasteiger partial charge in [0.05, 0.1) is 26.5 Å². The second-order valence-corrected chi connectivity index (χ2v) is 7.23. The van der Waals surface area contributed by atoms with E-state index in [0.717, 1.165) is 37.7 Å². The zero-order chi connectivity index (χ0) is 19.9. The summed E-state index contributed by atoms with van der Waals surface area (Å²) in [6.07, 6.45) is 0. The molecular formula is C21H26ClN3O3. The SMILES string of the molecule is COc1ccc(OC)c(NC(=O)CN2CCN(Cc3cccc(Cl)c3)CC2)c1. The second kappa shape index (κ2) is 9.78. The zero-order valence-corrected chi connectivity index (χ0v) is 17.0. The third kappa shape index (κ3) is 5.61. The molecule has 1 amide bonds. The number of nitrogens with zero attached hydrogens (tertiary/aromatic N) is 2. The third-order valence-electron chi connectivity index (χ3n) is 4.81. The van der Waals surface area contributed by atoms with E-state index in [9.17, 15) is 4.79 Å². The van der Waals surface area contributed by atoms with Crippen LogP contribution in [-0.4, -0.2) is 62.7 Å². The summed E-state index contributed by atoms with van der Waals surface area (Å²) in [6, 6.07) is 13.3. The summed E-state index contributed by atoms with van der Waals surface area (Å²) in [6.45, 7) is 4.77. The smallest absolute Gasteiger partial charge is 0.238 e. The molecule has 1 aliphatic heterocycles. The first-order valence-electron chi connectivity index (χ1n) is 9.28. The highest BCUT2D eigenvalue weighted by atomic mass is 35.5. The predicted molar refractivity (Wildman–Crippen MR) is 111 cm³/mol. The summed E-state index contributed by atoms with van der Waals surface area (Å²) in [5.41, 5.74) is 1.83. The fourth-order valence-electron chi connectivity index (χ4n) is 3.30. The lowest BCUT2D eigenvalue weighted by Crippen LogP contribution is -2.48. The maximum absolute atomic E-state index is 12.5. The van der Waals surface area contributed by atoms with E-state index >= 15 is 0 Å². The number of hydrogen-bond acceptors (Lipinski definition) is 5. The molecular weight excluding hydrogens is 378 g/mol. The second-order valence-electron chi connectivity index (χ2n) is 6.80. The fraction of sp³-hybridized carbons (Fsp3) is 0.381. The molecule has 6 nitrogen and oxygen atoms in total. The van der Waals surface area contributed by atoms with Crippen molar-refractivity contribution in [2.45, 2.75) is 6.54 Å². The average Bonchev–Trinajstić information content (AvgIpc) is 2.69. The number of carbonyl (C=O) groups excluding carboxylic acids is 1. The first-order valence-corrected chi connectivity index (χ1v) is 9.66. The van der Waals surface area contributed by atoms with Gasteiger partial charge >= 0.3 is 0 Å². The van der Waals surface area contributed by atoms with Gasteiger partial charge in [-0.25, -0.2) is 0 Å². The minimum absolute atomic E-state index is 0.0603. The van der Waals surface area contributed by atoms with Crippen molar-refractivity contribution in [3.05, 3.63) is 53.1 Å². The lowest BCUT2D eigenvalue weighted by Gasteiger charge is -2.34. The monoisotopic (exact) mass is 403 g/mol. The van der Waals surface area contributed by atoms with Crippen LogP contribution in [0.2, 0.25) is 5.02 Å². The number of carbonyl (C=O) groups is 1. The number of piperazine rings is 1. The number of hydrogen-bond donors (Lipinski definition) is 1. The van der Waals surface area contributed by atoms with Gasteiger partial charge in [-0.2, -0.15) is 0 Å². The molecule has 1 heterocycles. The van der Waals surface area contributed by atoms with Gasteiger partial charge in [-0.1, -0.05) is 23.7 Å². The zero-order valence-electron chi connectivity index (χ0n) is 16.3. The normalized spacial score (nSPS) is 15.2. The molecule has 2 aromatic rings. The Labute approximate surface area is 171 Å².